The molecule has 0 aliphatic rings. The molecule has 0 aliphatic carbocycles. The van der Waals surface area contributed by atoms with Gasteiger partial charge in [-0.15, -0.1) is 0 Å². The van der Waals surface area contributed by atoms with E-state index in [1.165, 1.54) is 12.1 Å². The maximum Gasteiger partial charge on any atom is 0.132 e. The Balaban J connectivity index is 1.83. The van der Waals surface area contributed by atoms with Crippen molar-refractivity contribution >= 4 is 16.9 Å². The molecule has 3 aromatic rings. The number of hydrogen-bond acceptors (Lipinski definition) is 5. The highest BCUT2D eigenvalue weighted by atomic mass is 19.1. The Labute approximate surface area is 133 Å². The quantitative estimate of drug-likeness (QED) is 0.752. The van der Waals surface area contributed by atoms with Crippen LogP contribution in [-0.2, 0) is 13.0 Å². The van der Waals surface area contributed by atoms with Gasteiger partial charge >= 0.3 is 0 Å². The number of aryl methyl sites for hydroxylation is 1. The summed E-state index contributed by atoms with van der Waals surface area (Å²) in [5.41, 5.74) is 7.96. The van der Waals surface area contributed by atoms with Gasteiger partial charge in [0.2, 0.25) is 0 Å². The third kappa shape index (κ3) is 3.45. The van der Waals surface area contributed by atoms with Crippen molar-refractivity contribution in [1.82, 2.24) is 19.9 Å². The summed E-state index contributed by atoms with van der Waals surface area (Å²) in [5, 5.41) is 0. The van der Waals surface area contributed by atoms with Gasteiger partial charge in [-0.25, -0.2) is 19.3 Å². The Hall–Kier alpha value is -2.54. The van der Waals surface area contributed by atoms with Crippen molar-refractivity contribution in [3.05, 3.63) is 47.4 Å². The van der Waals surface area contributed by atoms with Gasteiger partial charge in [-0.05, 0) is 31.7 Å². The number of aromatic nitrogens is 4. The van der Waals surface area contributed by atoms with E-state index in [1.807, 2.05) is 24.9 Å². The second kappa shape index (κ2) is 6.29. The number of nitrogens with zero attached hydrogens (tertiary/aromatic N) is 4. The number of aromatic amines is 1. The first-order valence-corrected chi connectivity index (χ1v) is 7.45. The van der Waals surface area contributed by atoms with Gasteiger partial charge in [0.25, 0.3) is 0 Å². The van der Waals surface area contributed by atoms with Crippen LogP contribution >= 0.6 is 0 Å². The number of rotatable bonds is 5. The normalized spacial score (nSPS) is 11.1. The minimum absolute atomic E-state index is 0.279. The average molecular weight is 314 g/mol. The van der Waals surface area contributed by atoms with Crippen molar-refractivity contribution in [2.24, 2.45) is 5.73 Å². The molecule has 1 aromatic carbocycles. The van der Waals surface area contributed by atoms with Crippen LogP contribution in [0.25, 0.3) is 11.0 Å². The molecule has 0 saturated heterocycles. The van der Waals surface area contributed by atoms with E-state index in [9.17, 15) is 4.39 Å². The van der Waals surface area contributed by atoms with Crippen LogP contribution in [0.15, 0.2) is 24.3 Å². The first kappa shape index (κ1) is 15.4. The van der Waals surface area contributed by atoms with Crippen LogP contribution in [0.3, 0.4) is 0 Å². The fourth-order valence-electron chi connectivity index (χ4n) is 2.50. The number of H-pyrrole nitrogens is 1. The number of benzene rings is 1. The largest absolute Gasteiger partial charge is 0.352 e. The van der Waals surface area contributed by atoms with E-state index in [0.717, 1.165) is 22.9 Å². The molecule has 0 atom stereocenters. The first-order chi connectivity index (χ1) is 11.0. The monoisotopic (exact) mass is 314 g/mol. The van der Waals surface area contributed by atoms with Crippen LogP contribution < -0.4 is 10.6 Å². The summed E-state index contributed by atoms with van der Waals surface area (Å²) < 4.78 is 13.2. The predicted octanol–water partition coefficient (Wildman–Crippen LogP) is 1.94. The second-order valence-corrected chi connectivity index (χ2v) is 5.50. The van der Waals surface area contributed by atoms with Crippen LogP contribution in [0.4, 0.5) is 10.2 Å². The lowest BCUT2D eigenvalue weighted by molar-refractivity contribution is 0.629. The minimum atomic E-state index is -0.279. The highest BCUT2D eigenvalue weighted by Crippen LogP contribution is 2.17. The summed E-state index contributed by atoms with van der Waals surface area (Å²) in [7, 11) is 1.93. The van der Waals surface area contributed by atoms with E-state index < -0.39 is 0 Å². The average Bonchev–Trinajstić information content (AvgIpc) is 2.88. The summed E-state index contributed by atoms with van der Waals surface area (Å²) >= 11 is 0. The fraction of sp³-hybridized carbons (Fsp3) is 0.312. The lowest BCUT2D eigenvalue weighted by Crippen LogP contribution is -2.20. The Morgan fingerprint density at radius 2 is 2.04 bits per heavy atom. The zero-order valence-corrected chi connectivity index (χ0v) is 13.2. The molecule has 0 aliphatic heterocycles. The molecule has 2 heterocycles. The maximum atomic E-state index is 13.2. The number of anilines is 1. The number of nitrogens with one attached hydrogen (secondary N) is 1. The van der Waals surface area contributed by atoms with E-state index in [0.29, 0.717) is 30.9 Å². The fourth-order valence-corrected chi connectivity index (χ4v) is 2.50. The highest BCUT2D eigenvalue weighted by Gasteiger charge is 2.10. The molecule has 3 rings (SSSR count). The van der Waals surface area contributed by atoms with Gasteiger partial charge in [-0.2, -0.15) is 0 Å². The Morgan fingerprint density at radius 3 is 2.83 bits per heavy atom. The lowest BCUT2D eigenvalue weighted by atomic mass is 10.3. The van der Waals surface area contributed by atoms with Crippen molar-refractivity contribution in [2.45, 2.75) is 19.9 Å². The third-order valence-electron chi connectivity index (χ3n) is 3.55. The SMILES string of the molecule is Cc1nc(CCN)cc(N(C)Cc2nc3ccc(F)cc3[nH]2)n1. The topological polar surface area (TPSA) is 83.7 Å². The molecule has 0 spiro atoms. The van der Waals surface area contributed by atoms with Crippen LogP contribution in [0.1, 0.15) is 17.3 Å². The van der Waals surface area contributed by atoms with Crippen molar-refractivity contribution in [2.75, 3.05) is 18.5 Å². The van der Waals surface area contributed by atoms with Crippen molar-refractivity contribution < 1.29 is 4.39 Å². The van der Waals surface area contributed by atoms with E-state index in [1.54, 1.807) is 6.07 Å². The molecule has 0 amide bonds. The molecule has 120 valence electrons. The van der Waals surface area contributed by atoms with Gasteiger partial charge in [-0.3, -0.25) is 0 Å². The lowest BCUT2D eigenvalue weighted by Gasteiger charge is -2.17. The standard InChI is InChI=1S/C16H19FN6/c1-10-19-12(5-6-18)8-16(20-10)23(2)9-15-21-13-4-3-11(17)7-14(13)22-15/h3-4,7-8H,5-6,9,18H2,1-2H3,(H,21,22). The number of imidazole rings is 1. The third-order valence-corrected chi connectivity index (χ3v) is 3.55. The highest BCUT2D eigenvalue weighted by molar-refractivity contribution is 5.75. The van der Waals surface area contributed by atoms with Crippen LogP contribution in [0.2, 0.25) is 0 Å². The summed E-state index contributed by atoms with van der Waals surface area (Å²) in [6.07, 6.45) is 0.716. The first-order valence-electron chi connectivity index (χ1n) is 7.45. The van der Waals surface area contributed by atoms with Gasteiger partial charge in [0.15, 0.2) is 0 Å². The van der Waals surface area contributed by atoms with Crippen LogP contribution in [0.5, 0.6) is 0 Å². The van der Waals surface area contributed by atoms with Gasteiger partial charge in [0.1, 0.15) is 23.3 Å². The Morgan fingerprint density at radius 1 is 1.22 bits per heavy atom. The molecule has 0 fully saturated rings. The summed E-state index contributed by atoms with van der Waals surface area (Å²) in [4.78, 5) is 18.4. The summed E-state index contributed by atoms with van der Waals surface area (Å²) in [6, 6.07) is 6.45. The van der Waals surface area contributed by atoms with Crippen LogP contribution in [0, 0.1) is 12.7 Å². The smallest absolute Gasteiger partial charge is 0.132 e. The molecule has 0 radical (unpaired) electrons. The van der Waals surface area contributed by atoms with Gasteiger partial charge in [0, 0.05) is 25.2 Å². The van der Waals surface area contributed by atoms with Crippen LogP contribution in [-0.4, -0.2) is 33.5 Å². The zero-order valence-electron chi connectivity index (χ0n) is 13.2. The predicted molar refractivity (Wildman–Crippen MR) is 87.7 cm³/mol. The summed E-state index contributed by atoms with van der Waals surface area (Å²) in [6.45, 7) is 2.95. The van der Waals surface area contributed by atoms with E-state index in [4.69, 9.17) is 5.73 Å². The molecule has 6 nitrogen and oxygen atoms in total. The molecule has 0 bridgehead atoms. The van der Waals surface area contributed by atoms with E-state index >= 15 is 0 Å². The second-order valence-electron chi connectivity index (χ2n) is 5.50. The molecule has 7 heteroatoms. The summed E-state index contributed by atoms with van der Waals surface area (Å²) in [5.74, 6) is 2.00. The molecule has 23 heavy (non-hydrogen) atoms. The van der Waals surface area contributed by atoms with Crippen molar-refractivity contribution in [1.29, 1.82) is 0 Å². The minimum Gasteiger partial charge on any atom is -0.352 e. The number of fused-ring (bicyclic) bond motifs is 1. The zero-order chi connectivity index (χ0) is 16.4. The Kier molecular flexibility index (Phi) is 4.20. The number of nitrogens with two attached hydrogens (primary N) is 1. The van der Waals surface area contributed by atoms with Crippen molar-refractivity contribution in [3.8, 4) is 0 Å². The Bertz CT molecular complexity index is 829. The van der Waals surface area contributed by atoms with E-state index in [-0.39, 0.29) is 5.82 Å². The molecule has 3 N–H and O–H groups in total. The molecule has 0 saturated carbocycles. The molecule has 2 aromatic heterocycles. The molecule has 0 unspecified atom stereocenters. The van der Waals surface area contributed by atoms with Gasteiger partial charge in [-0.1, -0.05) is 0 Å². The number of hydrogen-bond donors (Lipinski definition) is 2. The molecular formula is C16H19FN6. The van der Waals surface area contributed by atoms with Gasteiger partial charge in [0.05, 0.1) is 17.6 Å². The van der Waals surface area contributed by atoms with Crippen molar-refractivity contribution in [3.63, 3.8) is 0 Å². The van der Waals surface area contributed by atoms with E-state index in [2.05, 4.69) is 19.9 Å². The molecular weight excluding hydrogens is 295 g/mol. The van der Waals surface area contributed by atoms with Gasteiger partial charge < -0.3 is 15.6 Å². The maximum absolute atomic E-state index is 13.2. The number of halogens is 1.